The molecule has 2 heteroatoms. The van der Waals surface area contributed by atoms with Crippen LogP contribution in [0.1, 0.15) is 36.3 Å². The Kier molecular flexibility index (Phi) is 2.72. The fraction of sp³-hybridized carbons (Fsp3) is 0.286. The molecule has 8 rings (SSSR count). The second-order valence-electron chi connectivity index (χ2n) is 10.1. The highest BCUT2D eigenvalue weighted by Crippen LogP contribution is 2.82. The molecule has 4 aliphatic rings. The van der Waals surface area contributed by atoms with Crippen LogP contribution in [0.15, 0.2) is 72.8 Å². The van der Waals surface area contributed by atoms with Crippen molar-refractivity contribution in [3.63, 3.8) is 0 Å². The minimum absolute atomic E-state index is 0.461. The van der Waals surface area contributed by atoms with Crippen LogP contribution >= 0.6 is 11.6 Å². The molecule has 0 saturated heterocycles. The number of aromatic nitrogens is 1. The molecule has 6 unspecified atom stereocenters. The van der Waals surface area contributed by atoms with Crippen LogP contribution in [0.3, 0.4) is 0 Å². The van der Waals surface area contributed by atoms with Crippen LogP contribution in [0.4, 0.5) is 0 Å². The first-order valence-electron chi connectivity index (χ1n) is 11.2. The van der Waals surface area contributed by atoms with E-state index in [0.29, 0.717) is 11.3 Å². The molecule has 0 amide bonds. The number of fused-ring (bicyclic) bond motifs is 7. The average molecular weight is 408 g/mol. The highest BCUT2D eigenvalue weighted by Gasteiger charge is 2.73. The van der Waals surface area contributed by atoms with E-state index in [1.165, 1.54) is 33.9 Å². The van der Waals surface area contributed by atoms with Gasteiger partial charge in [0.25, 0.3) is 0 Å². The number of allylic oxidation sites excluding steroid dienone is 2. The van der Waals surface area contributed by atoms with Gasteiger partial charge in [-0.15, -0.1) is 0 Å². The van der Waals surface area contributed by atoms with Gasteiger partial charge in [0.1, 0.15) is 0 Å². The Labute approximate surface area is 181 Å². The molecule has 0 radical (unpaired) electrons. The van der Waals surface area contributed by atoms with Gasteiger partial charge in [-0.3, -0.25) is 0 Å². The van der Waals surface area contributed by atoms with Crippen molar-refractivity contribution in [3.8, 4) is 5.69 Å². The lowest BCUT2D eigenvalue weighted by Gasteiger charge is -2.48. The van der Waals surface area contributed by atoms with Gasteiger partial charge in [0.15, 0.2) is 0 Å². The smallest absolute Gasteiger partial charge is 0.0544 e. The quantitative estimate of drug-likeness (QED) is 0.288. The normalized spacial score (nSPS) is 34.5. The maximum absolute atomic E-state index is 6.46. The van der Waals surface area contributed by atoms with Gasteiger partial charge >= 0.3 is 0 Å². The third kappa shape index (κ3) is 1.68. The SMILES string of the molecule is CC1CC23C=CC2c2cc4c(cc2C2C1C23)c1cc(Cl)ccc1n4-c1ccccc1. The van der Waals surface area contributed by atoms with E-state index in [0.717, 1.165) is 28.7 Å². The predicted octanol–water partition coefficient (Wildman–Crippen LogP) is 7.46. The molecule has 30 heavy (non-hydrogen) atoms. The van der Waals surface area contributed by atoms with Crippen molar-refractivity contribution >= 4 is 33.4 Å². The van der Waals surface area contributed by atoms with Gasteiger partial charge in [-0.05, 0) is 83.7 Å². The van der Waals surface area contributed by atoms with E-state index >= 15 is 0 Å². The summed E-state index contributed by atoms with van der Waals surface area (Å²) >= 11 is 6.46. The molecular formula is C28H22ClN. The number of hydrogen-bond donors (Lipinski definition) is 0. The Bertz CT molecular complexity index is 1430. The Balaban J connectivity index is 1.49. The molecule has 1 heterocycles. The van der Waals surface area contributed by atoms with E-state index in [9.17, 15) is 0 Å². The zero-order chi connectivity index (χ0) is 19.8. The van der Waals surface area contributed by atoms with E-state index in [4.69, 9.17) is 11.6 Å². The maximum atomic E-state index is 6.46. The Hall–Kier alpha value is -2.51. The lowest BCUT2D eigenvalue weighted by molar-refractivity contribution is 0.227. The van der Waals surface area contributed by atoms with Gasteiger partial charge in [0, 0.05) is 32.8 Å². The van der Waals surface area contributed by atoms with E-state index in [1.807, 2.05) is 6.07 Å². The summed E-state index contributed by atoms with van der Waals surface area (Å²) in [5.74, 6) is 4.01. The molecule has 1 aromatic heterocycles. The Morgan fingerprint density at radius 2 is 1.77 bits per heavy atom. The van der Waals surface area contributed by atoms with Crippen LogP contribution in [-0.4, -0.2) is 4.57 Å². The van der Waals surface area contributed by atoms with E-state index < -0.39 is 0 Å². The van der Waals surface area contributed by atoms with Crippen LogP contribution in [-0.2, 0) is 0 Å². The lowest BCUT2D eigenvalue weighted by atomic mass is 9.56. The van der Waals surface area contributed by atoms with Gasteiger partial charge in [0.2, 0.25) is 0 Å². The van der Waals surface area contributed by atoms with Crippen LogP contribution in [0, 0.1) is 23.2 Å². The highest BCUT2D eigenvalue weighted by atomic mass is 35.5. The first kappa shape index (κ1) is 16.2. The molecule has 1 spiro atoms. The van der Waals surface area contributed by atoms with Crippen LogP contribution < -0.4 is 0 Å². The van der Waals surface area contributed by atoms with Crippen molar-refractivity contribution in [2.45, 2.75) is 25.2 Å². The summed E-state index contributed by atoms with van der Waals surface area (Å²) < 4.78 is 2.43. The molecule has 0 aliphatic heterocycles. The molecule has 4 aromatic rings. The summed E-state index contributed by atoms with van der Waals surface area (Å²) in [6, 6.07) is 22.2. The van der Waals surface area contributed by atoms with Crippen molar-refractivity contribution in [1.29, 1.82) is 0 Å². The van der Waals surface area contributed by atoms with Crippen LogP contribution in [0.2, 0.25) is 5.02 Å². The molecular weight excluding hydrogens is 386 g/mol. The molecule has 146 valence electrons. The fourth-order valence-electron chi connectivity index (χ4n) is 7.80. The number of halogens is 1. The second-order valence-corrected chi connectivity index (χ2v) is 10.5. The van der Waals surface area contributed by atoms with Crippen molar-refractivity contribution < 1.29 is 0 Å². The zero-order valence-corrected chi connectivity index (χ0v) is 17.6. The molecule has 4 aliphatic carbocycles. The third-order valence-electron chi connectivity index (χ3n) is 8.85. The molecule has 2 saturated carbocycles. The molecule has 2 fully saturated rings. The Morgan fingerprint density at radius 3 is 2.57 bits per heavy atom. The minimum atomic E-state index is 0.461. The summed E-state index contributed by atoms with van der Waals surface area (Å²) in [7, 11) is 0. The van der Waals surface area contributed by atoms with Crippen LogP contribution in [0.5, 0.6) is 0 Å². The summed E-state index contributed by atoms with van der Waals surface area (Å²) in [5, 5.41) is 3.43. The lowest BCUT2D eigenvalue weighted by Crippen LogP contribution is -2.37. The van der Waals surface area contributed by atoms with E-state index in [1.54, 1.807) is 11.1 Å². The van der Waals surface area contributed by atoms with Crippen molar-refractivity contribution in [3.05, 3.63) is 89.0 Å². The van der Waals surface area contributed by atoms with Crippen molar-refractivity contribution in [1.82, 2.24) is 4.57 Å². The molecule has 0 bridgehead atoms. The monoisotopic (exact) mass is 407 g/mol. The van der Waals surface area contributed by atoms with Crippen LogP contribution in [0.25, 0.3) is 27.5 Å². The summed E-state index contributed by atoms with van der Waals surface area (Å²) in [6.07, 6.45) is 6.44. The number of hydrogen-bond acceptors (Lipinski definition) is 0. The minimum Gasteiger partial charge on any atom is -0.309 e. The largest absolute Gasteiger partial charge is 0.309 e. The average Bonchev–Trinajstić information content (AvgIpc) is 3.30. The van der Waals surface area contributed by atoms with E-state index in [2.05, 4.69) is 78.2 Å². The summed E-state index contributed by atoms with van der Waals surface area (Å²) in [4.78, 5) is 0. The van der Waals surface area contributed by atoms with Gasteiger partial charge < -0.3 is 4.57 Å². The molecule has 0 N–H and O–H groups in total. The standard InChI is InChI=1S/C28H22ClN/c1-15-14-28-10-9-22(28)18-13-24-20(12-21(18)26-25(15)27(26)28)19-11-16(29)7-8-23(19)30(24)17-5-3-2-4-6-17/h2-13,15,22,25-27H,14H2,1H3. The first-order valence-corrected chi connectivity index (χ1v) is 11.6. The van der Waals surface area contributed by atoms with Gasteiger partial charge in [-0.2, -0.15) is 0 Å². The number of nitrogens with zero attached hydrogens (tertiary/aromatic N) is 1. The molecule has 3 aromatic carbocycles. The molecule has 6 atom stereocenters. The first-order chi connectivity index (χ1) is 14.7. The molecule has 1 nitrogen and oxygen atoms in total. The van der Waals surface area contributed by atoms with Gasteiger partial charge in [0.05, 0.1) is 11.0 Å². The van der Waals surface area contributed by atoms with E-state index in [-0.39, 0.29) is 0 Å². The van der Waals surface area contributed by atoms with Gasteiger partial charge in [-0.25, -0.2) is 0 Å². The van der Waals surface area contributed by atoms with Gasteiger partial charge in [-0.1, -0.05) is 48.9 Å². The summed E-state index contributed by atoms with van der Waals surface area (Å²) in [6.45, 7) is 2.49. The predicted molar refractivity (Wildman–Crippen MR) is 124 cm³/mol. The summed E-state index contributed by atoms with van der Waals surface area (Å²) in [5.41, 5.74) is 7.45. The fourth-order valence-corrected chi connectivity index (χ4v) is 7.97. The second kappa shape index (κ2) is 5.03. The van der Waals surface area contributed by atoms with Crippen molar-refractivity contribution in [2.75, 3.05) is 0 Å². The topological polar surface area (TPSA) is 4.93 Å². The van der Waals surface area contributed by atoms with Crippen molar-refractivity contribution in [2.24, 2.45) is 23.2 Å². The number of benzene rings is 3. The maximum Gasteiger partial charge on any atom is 0.0544 e. The Morgan fingerprint density at radius 1 is 0.933 bits per heavy atom. The highest BCUT2D eigenvalue weighted by molar-refractivity contribution is 6.32. The third-order valence-corrected chi connectivity index (χ3v) is 9.08. The zero-order valence-electron chi connectivity index (χ0n) is 16.8. The number of para-hydroxylation sites is 1. The number of rotatable bonds is 1.